The third-order valence-electron chi connectivity index (χ3n) is 3.96. The van der Waals surface area contributed by atoms with E-state index in [9.17, 15) is 5.26 Å². The van der Waals surface area contributed by atoms with E-state index in [0.29, 0.717) is 17.1 Å². The van der Waals surface area contributed by atoms with Crippen LogP contribution >= 0.6 is 11.6 Å². The summed E-state index contributed by atoms with van der Waals surface area (Å²) < 4.78 is 0. The molecule has 0 spiro atoms. The number of nitriles is 1. The van der Waals surface area contributed by atoms with Gasteiger partial charge in [-0.15, -0.1) is 0 Å². The fourth-order valence-electron chi connectivity index (χ4n) is 3.17. The van der Waals surface area contributed by atoms with Crippen LogP contribution in [0.4, 0.5) is 0 Å². The van der Waals surface area contributed by atoms with Gasteiger partial charge >= 0.3 is 0 Å². The number of hydrogen-bond donors (Lipinski definition) is 1. The number of aromatic nitrogens is 1. The predicted octanol–water partition coefficient (Wildman–Crippen LogP) is 2.41. The molecule has 1 N–H and O–H groups in total. The molecule has 0 aliphatic carbocycles. The minimum absolute atomic E-state index is 0.415. The first-order valence-corrected chi connectivity index (χ1v) is 6.39. The van der Waals surface area contributed by atoms with Crippen LogP contribution in [0.25, 0.3) is 0 Å². The Morgan fingerprint density at radius 2 is 2.06 bits per heavy atom. The summed E-state index contributed by atoms with van der Waals surface area (Å²) in [5.74, 6) is 0. The zero-order valence-corrected chi connectivity index (χ0v) is 10.2. The molecule has 2 aliphatic rings. The lowest BCUT2D eigenvalue weighted by Crippen LogP contribution is -2.46. The molecule has 3 nitrogen and oxygen atoms in total. The fourth-order valence-corrected chi connectivity index (χ4v) is 3.28. The van der Waals surface area contributed by atoms with E-state index in [0.717, 1.165) is 18.5 Å². The van der Waals surface area contributed by atoms with E-state index in [-0.39, 0.29) is 0 Å². The van der Waals surface area contributed by atoms with Gasteiger partial charge in [0.25, 0.3) is 0 Å². The Hall–Kier alpha value is -1.11. The number of rotatable bonds is 1. The van der Waals surface area contributed by atoms with Crippen LogP contribution in [0.3, 0.4) is 0 Å². The van der Waals surface area contributed by atoms with Crippen LogP contribution in [-0.2, 0) is 5.41 Å². The van der Waals surface area contributed by atoms with Crippen molar-refractivity contribution in [2.45, 2.75) is 43.2 Å². The van der Waals surface area contributed by atoms with Gasteiger partial charge in [-0.2, -0.15) is 5.26 Å². The Kier molecular flexibility index (Phi) is 2.57. The van der Waals surface area contributed by atoms with Gasteiger partial charge in [-0.1, -0.05) is 11.6 Å². The van der Waals surface area contributed by atoms with E-state index >= 15 is 0 Å². The van der Waals surface area contributed by atoms with Crippen LogP contribution in [0.5, 0.6) is 0 Å². The molecule has 1 aromatic rings. The maximum absolute atomic E-state index is 9.58. The van der Waals surface area contributed by atoms with E-state index in [1.54, 1.807) is 6.20 Å². The summed E-state index contributed by atoms with van der Waals surface area (Å²) in [5, 5.41) is 13.8. The maximum atomic E-state index is 9.58. The summed E-state index contributed by atoms with van der Waals surface area (Å²) >= 11 is 5.85. The highest BCUT2D eigenvalue weighted by atomic mass is 35.5. The molecule has 2 bridgehead atoms. The zero-order chi connectivity index (χ0) is 11.9. The van der Waals surface area contributed by atoms with Crippen molar-refractivity contribution >= 4 is 11.6 Å². The molecular weight excluding hydrogens is 234 g/mol. The highest BCUT2D eigenvalue weighted by Crippen LogP contribution is 2.41. The van der Waals surface area contributed by atoms with Crippen molar-refractivity contribution in [2.75, 3.05) is 0 Å². The number of piperidine rings is 1. The molecule has 0 saturated carbocycles. The summed E-state index contributed by atoms with van der Waals surface area (Å²) in [6.07, 6.45) is 5.74. The average Bonchev–Trinajstić information content (AvgIpc) is 2.69. The van der Waals surface area contributed by atoms with Gasteiger partial charge in [0.05, 0.1) is 16.8 Å². The second kappa shape index (κ2) is 3.97. The minimum atomic E-state index is -0.415. The summed E-state index contributed by atoms with van der Waals surface area (Å²) in [6.45, 7) is 0. The third kappa shape index (κ3) is 1.82. The molecule has 0 radical (unpaired) electrons. The summed E-state index contributed by atoms with van der Waals surface area (Å²) in [6, 6.07) is 7.19. The molecule has 0 amide bonds. The second-order valence-corrected chi connectivity index (χ2v) is 5.54. The van der Waals surface area contributed by atoms with Gasteiger partial charge in [0.15, 0.2) is 0 Å². The quantitative estimate of drug-likeness (QED) is 0.829. The lowest BCUT2D eigenvalue weighted by Gasteiger charge is -2.35. The van der Waals surface area contributed by atoms with Crippen molar-refractivity contribution in [3.63, 3.8) is 0 Å². The first kappa shape index (κ1) is 11.0. The van der Waals surface area contributed by atoms with Gasteiger partial charge in [0, 0.05) is 18.3 Å². The van der Waals surface area contributed by atoms with Crippen LogP contribution < -0.4 is 5.32 Å². The Morgan fingerprint density at radius 1 is 1.35 bits per heavy atom. The largest absolute Gasteiger partial charge is 0.311 e. The maximum Gasteiger partial charge on any atom is 0.102 e. The molecule has 2 unspecified atom stereocenters. The molecule has 0 aromatic carbocycles. The first-order chi connectivity index (χ1) is 8.22. The van der Waals surface area contributed by atoms with Gasteiger partial charge in [-0.3, -0.25) is 4.98 Å². The van der Waals surface area contributed by atoms with Gasteiger partial charge in [-0.05, 0) is 37.8 Å². The van der Waals surface area contributed by atoms with Crippen LogP contribution in [0.2, 0.25) is 5.02 Å². The number of hydrogen-bond acceptors (Lipinski definition) is 3. The zero-order valence-electron chi connectivity index (χ0n) is 9.49. The Balaban J connectivity index is 1.97. The Labute approximate surface area is 106 Å². The standard InChI is InChI=1S/C13H14ClN3/c14-9-1-4-12(16-7-9)13(8-15)5-10-2-3-11(6-13)17-10/h1,4,7,10-11,17H,2-3,5-6H2. The topological polar surface area (TPSA) is 48.7 Å². The molecule has 1 aromatic heterocycles. The molecule has 3 heterocycles. The number of fused-ring (bicyclic) bond motifs is 2. The molecule has 2 atom stereocenters. The van der Waals surface area contributed by atoms with Crippen LogP contribution in [0, 0.1) is 11.3 Å². The molecule has 4 heteroatoms. The molecule has 2 saturated heterocycles. The molecule has 3 rings (SSSR count). The Morgan fingerprint density at radius 3 is 2.59 bits per heavy atom. The Bertz CT molecular complexity index is 451. The van der Waals surface area contributed by atoms with Crippen molar-refractivity contribution in [3.05, 3.63) is 29.0 Å². The molecule has 17 heavy (non-hydrogen) atoms. The number of nitrogens with one attached hydrogen (secondary N) is 1. The van der Waals surface area contributed by atoms with E-state index in [4.69, 9.17) is 11.6 Å². The molecule has 88 valence electrons. The van der Waals surface area contributed by atoms with E-state index in [1.807, 2.05) is 12.1 Å². The van der Waals surface area contributed by atoms with Gasteiger partial charge in [0.1, 0.15) is 5.41 Å². The monoisotopic (exact) mass is 247 g/mol. The van der Waals surface area contributed by atoms with Gasteiger partial charge in [0.2, 0.25) is 0 Å². The first-order valence-electron chi connectivity index (χ1n) is 6.01. The third-order valence-corrected chi connectivity index (χ3v) is 4.18. The second-order valence-electron chi connectivity index (χ2n) is 5.10. The van der Waals surface area contributed by atoms with Crippen LogP contribution in [0.15, 0.2) is 18.3 Å². The lowest BCUT2D eigenvalue weighted by atomic mass is 9.74. The lowest BCUT2D eigenvalue weighted by molar-refractivity contribution is 0.299. The minimum Gasteiger partial charge on any atom is -0.311 e. The normalized spacial score (nSPS) is 35.5. The van der Waals surface area contributed by atoms with Crippen molar-refractivity contribution in [3.8, 4) is 6.07 Å². The number of pyridine rings is 1. The highest BCUT2D eigenvalue weighted by Gasteiger charge is 2.45. The summed E-state index contributed by atoms with van der Waals surface area (Å²) in [4.78, 5) is 4.36. The van der Waals surface area contributed by atoms with E-state index < -0.39 is 5.41 Å². The predicted molar refractivity (Wildman–Crippen MR) is 65.7 cm³/mol. The van der Waals surface area contributed by atoms with E-state index in [2.05, 4.69) is 16.4 Å². The van der Waals surface area contributed by atoms with Crippen molar-refractivity contribution in [2.24, 2.45) is 0 Å². The average molecular weight is 248 g/mol. The summed E-state index contributed by atoms with van der Waals surface area (Å²) in [7, 11) is 0. The molecule has 2 aliphatic heterocycles. The molecular formula is C13H14ClN3. The fraction of sp³-hybridized carbons (Fsp3) is 0.538. The van der Waals surface area contributed by atoms with Crippen molar-refractivity contribution < 1.29 is 0 Å². The van der Waals surface area contributed by atoms with Crippen molar-refractivity contribution in [1.29, 1.82) is 5.26 Å². The van der Waals surface area contributed by atoms with E-state index in [1.165, 1.54) is 12.8 Å². The summed E-state index contributed by atoms with van der Waals surface area (Å²) in [5.41, 5.74) is 0.463. The smallest absolute Gasteiger partial charge is 0.102 e. The van der Waals surface area contributed by atoms with Crippen LogP contribution in [-0.4, -0.2) is 17.1 Å². The van der Waals surface area contributed by atoms with Gasteiger partial charge < -0.3 is 5.32 Å². The number of halogens is 1. The highest BCUT2D eigenvalue weighted by molar-refractivity contribution is 6.30. The van der Waals surface area contributed by atoms with Crippen LogP contribution in [0.1, 0.15) is 31.4 Å². The van der Waals surface area contributed by atoms with Crippen molar-refractivity contribution in [1.82, 2.24) is 10.3 Å². The molecule has 2 fully saturated rings. The number of nitrogens with zero attached hydrogens (tertiary/aromatic N) is 2. The SMILES string of the molecule is N#CC1(c2ccc(Cl)cn2)CC2CCC(C1)N2. The van der Waals surface area contributed by atoms with Gasteiger partial charge in [-0.25, -0.2) is 0 Å².